The van der Waals surface area contributed by atoms with Crippen LogP contribution in [0, 0.1) is 11.8 Å². The predicted octanol–water partition coefficient (Wildman–Crippen LogP) is 2.15. The highest BCUT2D eigenvalue weighted by Gasteiger charge is 2.41. The van der Waals surface area contributed by atoms with Crippen molar-refractivity contribution >= 4 is 7.75 Å². The third kappa shape index (κ3) is 3.78. The first-order valence-electron chi connectivity index (χ1n) is 7.06. The maximum atomic E-state index is 12.5. The van der Waals surface area contributed by atoms with Crippen molar-refractivity contribution in [2.45, 2.75) is 39.2 Å². The van der Waals surface area contributed by atoms with Crippen molar-refractivity contribution in [2.75, 3.05) is 26.3 Å². The summed E-state index contributed by atoms with van der Waals surface area (Å²) in [7, 11) is -3.13. The molecule has 0 spiro atoms. The van der Waals surface area contributed by atoms with E-state index in [0.29, 0.717) is 19.1 Å². The first kappa shape index (κ1) is 14.5. The zero-order chi connectivity index (χ0) is 13.0. The molecular weight excluding hydrogens is 251 g/mol. The van der Waals surface area contributed by atoms with E-state index in [0.717, 1.165) is 25.4 Å². The molecule has 0 radical (unpaired) electrons. The van der Waals surface area contributed by atoms with Gasteiger partial charge in [0.25, 0.3) is 0 Å². The summed E-state index contributed by atoms with van der Waals surface area (Å²) in [5.41, 5.74) is 0. The van der Waals surface area contributed by atoms with E-state index in [1.165, 1.54) is 12.8 Å². The summed E-state index contributed by atoms with van der Waals surface area (Å²) in [5.74, 6) is 1.42. The lowest BCUT2D eigenvalue weighted by Gasteiger charge is -2.34. The fraction of sp³-hybridized carbons (Fsp3) is 1.00. The van der Waals surface area contributed by atoms with Crippen LogP contribution in [0.2, 0.25) is 0 Å². The average Bonchev–Trinajstić information content (AvgIpc) is 3.14. The Bertz CT molecular complexity index is 300. The van der Waals surface area contributed by atoms with Gasteiger partial charge in [-0.05, 0) is 51.5 Å². The van der Waals surface area contributed by atoms with Crippen LogP contribution in [0.4, 0.5) is 0 Å². The Balaban J connectivity index is 1.97. The third-order valence-corrected chi connectivity index (χ3v) is 5.53. The lowest BCUT2D eigenvalue weighted by Crippen LogP contribution is -2.49. The molecule has 0 aromatic carbocycles. The number of piperidine rings is 1. The summed E-state index contributed by atoms with van der Waals surface area (Å²) >= 11 is 0. The SMILES string of the molecule is CCOP(=O)(NC1CNCCC1C1CC1)OCC. The van der Waals surface area contributed by atoms with Crippen molar-refractivity contribution in [2.24, 2.45) is 11.8 Å². The summed E-state index contributed by atoms with van der Waals surface area (Å²) in [6, 6.07) is 0.204. The van der Waals surface area contributed by atoms with Crippen LogP contribution in [0.15, 0.2) is 0 Å². The molecule has 2 rings (SSSR count). The molecule has 2 atom stereocenters. The average molecular weight is 276 g/mol. The lowest BCUT2D eigenvalue weighted by molar-refractivity contribution is 0.189. The van der Waals surface area contributed by atoms with E-state index in [4.69, 9.17) is 9.05 Å². The van der Waals surface area contributed by atoms with Crippen LogP contribution in [0.1, 0.15) is 33.1 Å². The van der Waals surface area contributed by atoms with E-state index in [-0.39, 0.29) is 6.04 Å². The molecule has 0 bridgehead atoms. The fourth-order valence-corrected chi connectivity index (χ4v) is 4.36. The highest BCUT2D eigenvalue weighted by atomic mass is 31.2. The van der Waals surface area contributed by atoms with Crippen LogP contribution in [-0.4, -0.2) is 32.3 Å². The van der Waals surface area contributed by atoms with Crippen molar-refractivity contribution in [1.29, 1.82) is 0 Å². The Morgan fingerprint density at radius 2 is 1.89 bits per heavy atom. The normalized spacial score (nSPS) is 29.4. The Hall–Kier alpha value is 0.0700. The Morgan fingerprint density at radius 3 is 2.44 bits per heavy atom. The molecule has 1 saturated carbocycles. The van der Waals surface area contributed by atoms with Gasteiger partial charge in [0.05, 0.1) is 13.2 Å². The van der Waals surface area contributed by atoms with Crippen LogP contribution < -0.4 is 10.4 Å². The first-order chi connectivity index (χ1) is 8.68. The van der Waals surface area contributed by atoms with Crippen LogP contribution in [0.25, 0.3) is 0 Å². The first-order valence-corrected chi connectivity index (χ1v) is 8.60. The zero-order valence-electron chi connectivity index (χ0n) is 11.4. The topological polar surface area (TPSA) is 59.6 Å². The van der Waals surface area contributed by atoms with Crippen molar-refractivity contribution in [1.82, 2.24) is 10.4 Å². The molecule has 2 fully saturated rings. The summed E-state index contributed by atoms with van der Waals surface area (Å²) in [5, 5.41) is 6.51. The van der Waals surface area contributed by atoms with E-state index in [1.807, 2.05) is 13.8 Å². The van der Waals surface area contributed by atoms with Crippen LogP contribution in [-0.2, 0) is 13.6 Å². The molecule has 0 aromatic rings. The van der Waals surface area contributed by atoms with Gasteiger partial charge in [-0.3, -0.25) is 9.05 Å². The van der Waals surface area contributed by atoms with E-state index < -0.39 is 7.75 Å². The van der Waals surface area contributed by atoms with Crippen molar-refractivity contribution in [3.05, 3.63) is 0 Å². The molecule has 5 nitrogen and oxygen atoms in total. The van der Waals surface area contributed by atoms with Crippen LogP contribution >= 0.6 is 7.75 Å². The molecule has 0 aromatic heterocycles. The minimum absolute atomic E-state index is 0.204. The molecule has 106 valence electrons. The fourth-order valence-electron chi connectivity index (χ4n) is 2.76. The van der Waals surface area contributed by atoms with Gasteiger partial charge in [-0.1, -0.05) is 0 Å². The van der Waals surface area contributed by atoms with Crippen LogP contribution in [0.3, 0.4) is 0 Å². The summed E-state index contributed by atoms with van der Waals surface area (Å²) in [6.07, 6.45) is 3.79. The summed E-state index contributed by atoms with van der Waals surface area (Å²) < 4.78 is 23.1. The molecule has 2 aliphatic rings. The zero-order valence-corrected chi connectivity index (χ0v) is 12.2. The molecular formula is C12H25N2O3P. The van der Waals surface area contributed by atoms with Gasteiger partial charge in [0.15, 0.2) is 0 Å². The minimum Gasteiger partial charge on any atom is -0.315 e. The summed E-state index contributed by atoms with van der Waals surface area (Å²) in [6.45, 7) is 6.39. The molecule has 1 aliphatic heterocycles. The van der Waals surface area contributed by atoms with Gasteiger partial charge in [-0.2, -0.15) is 0 Å². The van der Waals surface area contributed by atoms with Gasteiger partial charge in [-0.15, -0.1) is 0 Å². The third-order valence-electron chi connectivity index (χ3n) is 3.69. The highest BCUT2D eigenvalue weighted by Crippen LogP contribution is 2.48. The second-order valence-corrected chi connectivity index (χ2v) is 6.83. The van der Waals surface area contributed by atoms with E-state index in [9.17, 15) is 4.57 Å². The molecule has 1 saturated heterocycles. The van der Waals surface area contributed by atoms with E-state index in [2.05, 4.69) is 10.4 Å². The molecule has 1 heterocycles. The second-order valence-electron chi connectivity index (χ2n) is 5.06. The van der Waals surface area contributed by atoms with Gasteiger partial charge in [0.2, 0.25) is 0 Å². The maximum absolute atomic E-state index is 12.5. The van der Waals surface area contributed by atoms with Crippen molar-refractivity contribution in [3.63, 3.8) is 0 Å². The van der Waals surface area contributed by atoms with Gasteiger partial charge in [0.1, 0.15) is 0 Å². The number of hydrogen-bond donors (Lipinski definition) is 2. The molecule has 0 amide bonds. The van der Waals surface area contributed by atoms with E-state index in [1.54, 1.807) is 0 Å². The molecule has 6 heteroatoms. The monoisotopic (exact) mass is 276 g/mol. The van der Waals surface area contributed by atoms with Gasteiger partial charge >= 0.3 is 7.75 Å². The molecule has 18 heavy (non-hydrogen) atoms. The smallest absolute Gasteiger partial charge is 0.315 e. The quantitative estimate of drug-likeness (QED) is 0.698. The number of rotatable bonds is 7. The number of nitrogens with one attached hydrogen (secondary N) is 2. The molecule has 1 aliphatic carbocycles. The van der Waals surface area contributed by atoms with Crippen molar-refractivity contribution in [3.8, 4) is 0 Å². The van der Waals surface area contributed by atoms with Gasteiger partial charge in [-0.25, -0.2) is 9.65 Å². The van der Waals surface area contributed by atoms with Gasteiger partial charge in [0, 0.05) is 12.6 Å². The molecule has 2 N–H and O–H groups in total. The largest absolute Gasteiger partial charge is 0.405 e. The Labute approximate surface area is 110 Å². The van der Waals surface area contributed by atoms with Gasteiger partial charge < -0.3 is 5.32 Å². The minimum atomic E-state index is -3.13. The summed E-state index contributed by atoms with van der Waals surface area (Å²) in [4.78, 5) is 0. The molecule has 2 unspecified atom stereocenters. The van der Waals surface area contributed by atoms with Crippen molar-refractivity contribution < 1.29 is 13.6 Å². The second kappa shape index (κ2) is 6.49. The predicted molar refractivity (Wildman–Crippen MR) is 71.5 cm³/mol. The standard InChI is InChI=1S/C12H25N2O3P/c1-3-16-18(15,17-4-2)14-12-9-13-8-7-11(12)10-5-6-10/h10-13H,3-9H2,1-2H3,(H,14,15). The van der Waals surface area contributed by atoms with Crippen LogP contribution in [0.5, 0.6) is 0 Å². The highest BCUT2D eigenvalue weighted by molar-refractivity contribution is 7.51. The Kier molecular flexibility index (Phi) is 5.22. The maximum Gasteiger partial charge on any atom is 0.405 e. The number of hydrogen-bond acceptors (Lipinski definition) is 4. The van der Waals surface area contributed by atoms with E-state index >= 15 is 0 Å². The lowest BCUT2D eigenvalue weighted by atomic mass is 9.89. The Morgan fingerprint density at radius 1 is 1.22 bits per heavy atom.